The zero-order valence-corrected chi connectivity index (χ0v) is 18.2. The molecule has 1 fully saturated rings. The van der Waals surface area contributed by atoms with Crippen molar-refractivity contribution in [2.75, 3.05) is 29.9 Å². The van der Waals surface area contributed by atoms with Gasteiger partial charge in [-0.2, -0.15) is 0 Å². The Balaban J connectivity index is 1.31. The molecule has 2 N–H and O–H groups in total. The summed E-state index contributed by atoms with van der Waals surface area (Å²) < 4.78 is 5.83. The molecule has 8 heteroatoms. The maximum Gasteiger partial charge on any atom is 0.290 e. The lowest BCUT2D eigenvalue weighted by Crippen LogP contribution is -2.39. The van der Waals surface area contributed by atoms with Crippen molar-refractivity contribution in [1.82, 2.24) is 5.32 Å². The number of benzene rings is 2. The predicted molar refractivity (Wildman–Crippen MR) is 122 cm³/mol. The average molecular weight is 438 g/mol. The van der Waals surface area contributed by atoms with Gasteiger partial charge in [0.15, 0.2) is 0 Å². The first-order chi connectivity index (χ1) is 14.9. The lowest BCUT2D eigenvalue weighted by molar-refractivity contribution is -0.116. The molecule has 0 radical (unpaired) electrons. The van der Waals surface area contributed by atoms with Crippen LogP contribution in [0.4, 0.5) is 16.2 Å². The number of carbonyl (C=O) groups excluding carboxylic acids is 3. The number of imide groups is 1. The minimum Gasteiger partial charge on any atom is -0.494 e. The smallest absolute Gasteiger partial charge is 0.290 e. The van der Waals surface area contributed by atoms with E-state index in [2.05, 4.69) is 28.5 Å². The molecule has 2 aromatic carbocycles. The molecule has 0 saturated carbocycles. The molecule has 2 aliphatic rings. The van der Waals surface area contributed by atoms with E-state index in [1.54, 1.807) is 6.08 Å². The molecule has 2 aliphatic heterocycles. The van der Waals surface area contributed by atoms with Crippen molar-refractivity contribution in [3.63, 3.8) is 0 Å². The second-order valence-electron chi connectivity index (χ2n) is 7.55. The van der Waals surface area contributed by atoms with Crippen LogP contribution in [0.3, 0.4) is 0 Å². The molecule has 160 valence electrons. The maximum absolute atomic E-state index is 12.0. The van der Waals surface area contributed by atoms with Gasteiger partial charge in [-0.1, -0.05) is 12.1 Å². The van der Waals surface area contributed by atoms with Gasteiger partial charge in [-0.3, -0.25) is 19.7 Å². The lowest BCUT2D eigenvalue weighted by Gasteiger charge is -2.31. The van der Waals surface area contributed by atoms with Crippen molar-refractivity contribution >= 4 is 46.3 Å². The highest BCUT2D eigenvalue weighted by atomic mass is 32.2. The summed E-state index contributed by atoms with van der Waals surface area (Å²) in [5.74, 6) is 0.357. The Labute approximate surface area is 184 Å². The fourth-order valence-corrected chi connectivity index (χ4v) is 4.17. The minimum absolute atomic E-state index is 0.00260. The summed E-state index contributed by atoms with van der Waals surface area (Å²) in [5.41, 5.74) is 5.08. The highest BCUT2D eigenvalue weighted by Gasteiger charge is 2.25. The SMILES string of the molecule is Cc1cc2c(cc1C)N(CCCOc1ccc(C=C3SC(=O)NC3=O)cc1)CC(=O)N2. The molecule has 4 rings (SSSR count). The first kappa shape index (κ1) is 21.0. The van der Waals surface area contributed by atoms with Crippen LogP contribution in [0, 0.1) is 13.8 Å². The Bertz CT molecular complexity index is 1080. The number of hydrogen-bond donors (Lipinski definition) is 2. The topological polar surface area (TPSA) is 87.7 Å². The van der Waals surface area contributed by atoms with Gasteiger partial charge in [-0.25, -0.2) is 0 Å². The molecular formula is C23H23N3O4S. The monoisotopic (exact) mass is 437 g/mol. The predicted octanol–water partition coefficient (Wildman–Crippen LogP) is 3.85. The second-order valence-corrected chi connectivity index (χ2v) is 8.56. The van der Waals surface area contributed by atoms with Gasteiger partial charge in [0.2, 0.25) is 5.91 Å². The van der Waals surface area contributed by atoms with E-state index in [0.717, 1.165) is 46.4 Å². The molecule has 0 aromatic heterocycles. The zero-order chi connectivity index (χ0) is 22.0. The third kappa shape index (κ3) is 4.91. The van der Waals surface area contributed by atoms with Crippen LogP contribution in [0.5, 0.6) is 5.75 Å². The van der Waals surface area contributed by atoms with Crippen LogP contribution < -0.4 is 20.3 Å². The van der Waals surface area contributed by atoms with E-state index in [9.17, 15) is 14.4 Å². The molecule has 7 nitrogen and oxygen atoms in total. The van der Waals surface area contributed by atoms with Crippen molar-refractivity contribution < 1.29 is 19.1 Å². The fraction of sp³-hybridized carbons (Fsp3) is 0.261. The average Bonchev–Trinajstić information content (AvgIpc) is 3.04. The number of hydrogen-bond acceptors (Lipinski definition) is 6. The largest absolute Gasteiger partial charge is 0.494 e. The summed E-state index contributed by atoms with van der Waals surface area (Å²) in [6, 6.07) is 11.5. The summed E-state index contributed by atoms with van der Waals surface area (Å²) >= 11 is 0.897. The van der Waals surface area contributed by atoms with Crippen molar-refractivity contribution in [3.05, 3.63) is 58.0 Å². The highest BCUT2D eigenvalue weighted by molar-refractivity contribution is 8.18. The molecule has 2 heterocycles. The Hall–Kier alpha value is -3.26. The number of carbonyl (C=O) groups is 3. The van der Waals surface area contributed by atoms with Gasteiger partial charge in [0, 0.05) is 6.54 Å². The first-order valence-corrected chi connectivity index (χ1v) is 10.8. The summed E-state index contributed by atoms with van der Waals surface area (Å²) in [6.45, 7) is 5.69. The number of ether oxygens (including phenoxy) is 1. The summed E-state index contributed by atoms with van der Waals surface area (Å²) in [5, 5.41) is 4.83. The van der Waals surface area contributed by atoms with Crippen molar-refractivity contribution in [3.8, 4) is 5.75 Å². The second kappa shape index (κ2) is 8.85. The molecule has 0 spiro atoms. The van der Waals surface area contributed by atoms with E-state index in [4.69, 9.17) is 4.74 Å². The van der Waals surface area contributed by atoms with Crippen LogP contribution >= 0.6 is 11.8 Å². The van der Waals surface area contributed by atoms with Crippen LogP contribution in [0.1, 0.15) is 23.1 Å². The van der Waals surface area contributed by atoms with E-state index < -0.39 is 0 Å². The quantitative estimate of drug-likeness (QED) is 0.527. The molecule has 0 atom stereocenters. The van der Waals surface area contributed by atoms with Gasteiger partial charge in [-0.15, -0.1) is 0 Å². The molecule has 1 saturated heterocycles. The molecule has 0 bridgehead atoms. The van der Waals surface area contributed by atoms with E-state index >= 15 is 0 Å². The van der Waals surface area contributed by atoms with Gasteiger partial charge in [0.1, 0.15) is 5.75 Å². The van der Waals surface area contributed by atoms with Gasteiger partial charge in [0.25, 0.3) is 11.1 Å². The minimum atomic E-state index is -0.367. The number of amides is 3. The molecule has 2 aromatic rings. The van der Waals surface area contributed by atoms with Crippen molar-refractivity contribution in [2.24, 2.45) is 0 Å². The van der Waals surface area contributed by atoms with Crippen molar-refractivity contribution in [2.45, 2.75) is 20.3 Å². The summed E-state index contributed by atoms with van der Waals surface area (Å²) in [6.07, 6.45) is 2.45. The van der Waals surface area contributed by atoms with Crippen LogP contribution in [0.15, 0.2) is 41.3 Å². The first-order valence-electron chi connectivity index (χ1n) is 10.0. The lowest BCUT2D eigenvalue weighted by atomic mass is 10.1. The van der Waals surface area contributed by atoms with Crippen LogP contribution in [-0.2, 0) is 9.59 Å². The van der Waals surface area contributed by atoms with E-state index in [0.29, 0.717) is 24.6 Å². The van der Waals surface area contributed by atoms with Gasteiger partial charge in [0.05, 0.1) is 29.4 Å². The molecule has 3 amide bonds. The number of anilines is 2. The molecular weight excluding hydrogens is 414 g/mol. The fourth-order valence-electron chi connectivity index (χ4n) is 3.49. The van der Waals surface area contributed by atoms with Gasteiger partial charge >= 0.3 is 0 Å². The third-order valence-electron chi connectivity index (χ3n) is 5.22. The number of rotatable bonds is 6. The number of thioether (sulfide) groups is 1. The van der Waals surface area contributed by atoms with E-state index in [1.807, 2.05) is 37.3 Å². The normalized spacial score (nSPS) is 16.9. The maximum atomic E-state index is 12.0. The number of nitrogens with zero attached hydrogens (tertiary/aromatic N) is 1. The summed E-state index contributed by atoms with van der Waals surface area (Å²) in [7, 11) is 0. The Morgan fingerprint density at radius 1 is 1.06 bits per heavy atom. The molecule has 31 heavy (non-hydrogen) atoms. The Morgan fingerprint density at radius 2 is 1.81 bits per heavy atom. The number of aryl methyl sites for hydroxylation is 2. The Kier molecular flexibility index (Phi) is 5.99. The van der Waals surface area contributed by atoms with Gasteiger partial charge < -0.3 is 15.0 Å². The molecule has 0 unspecified atom stereocenters. The van der Waals surface area contributed by atoms with E-state index in [1.165, 1.54) is 5.56 Å². The zero-order valence-electron chi connectivity index (χ0n) is 17.4. The van der Waals surface area contributed by atoms with E-state index in [-0.39, 0.29) is 17.1 Å². The highest BCUT2D eigenvalue weighted by Crippen LogP contribution is 2.32. The van der Waals surface area contributed by atoms with Crippen LogP contribution in [0.25, 0.3) is 6.08 Å². The number of fused-ring (bicyclic) bond motifs is 1. The third-order valence-corrected chi connectivity index (χ3v) is 6.03. The van der Waals surface area contributed by atoms with Gasteiger partial charge in [-0.05, 0) is 79.1 Å². The number of nitrogens with one attached hydrogen (secondary N) is 2. The standard InChI is InChI=1S/C23H23N3O4S/c1-14-10-18-19(11-15(14)2)26(13-21(27)24-18)8-3-9-30-17-6-4-16(5-7-17)12-20-22(28)25-23(29)31-20/h4-7,10-12H,3,8-9,13H2,1-2H3,(H,24,27)(H,25,28,29). The van der Waals surface area contributed by atoms with Crippen LogP contribution in [-0.4, -0.2) is 36.7 Å². The van der Waals surface area contributed by atoms with Crippen LogP contribution in [0.2, 0.25) is 0 Å². The summed E-state index contributed by atoms with van der Waals surface area (Å²) in [4.78, 5) is 37.4. The molecule has 0 aliphatic carbocycles. The Morgan fingerprint density at radius 3 is 2.52 bits per heavy atom. The van der Waals surface area contributed by atoms with Crippen molar-refractivity contribution in [1.29, 1.82) is 0 Å².